The molecule has 0 aliphatic carbocycles. The van der Waals surface area contributed by atoms with E-state index in [1.54, 1.807) is 0 Å². The van der Waals surface area contributed by atoms with Crippen molar-refractivity contribution in [3.05, 3.63) is 0 Å². The average molecular weight is 568 g/mol. The van der Waals surface area contributed by atoms with Crippen LogP contribution in [0.5, 0.6) is 0 Å². The van der Waals surface area contributed by atoms with Crippen LogP contribution in [0.4, 0.5) is 0 Å². The molecule has 100 valence electrons. The fraction of sp³-hybridized carbons (Fsp3) is 1.00. The summed E-state index contributed by atoms with van der Waals surface area (Å²) in [4.78, 5) is 51.6. The third-order valence-electron chi connectivity index (χ3n) is 1.15. The molecule has 0 rings (SSSR count). The Morgan fingerprint density at radius 2 is 0.714 bits per heavy atom. The summed E-state index contributed by atoms with van der Waals surface area (Å²) in [5.41, 5.74) is 0. The van der Waals surface area contributed by atoms with Gasteiger partial charge in [-0.15, -0.1) is 0 Å². The topological polar surface area (TPSA) is 176 Å². The van der Waals surface area contributed by atoms with Crippen molar-refractivity contribution >= 4 is 22.8 Å². The minimum absolute atomic E-state index is 0. The van der Waals surface area contributed by atoms with Crippen LogP contribution in [-0.2, 0) is 41.0 Å². The molecule has 0 aromatic carbocycles. The molecule has 0 heterocycles. The maximum Gasteiger partial charge on any atom is 1.00 e. The van der Waals surface area contributed by atoms with Gasteiger partial charge in [0.25, 0.3) is 0 Å². The smallest absolute Gasteiger partial charge is 0.324 e. The SMILES string of the molecule is O=P(O)(O)CN(CP(=O)(O)O)CP(=O)(O)O.[Cd].[K+].[K+].[K+].[K+]. The van der Waals surface area contributed by atoms with E-state index in [-0.39, 0.29) is 233 Å². The molecule has 0 aliphatic heterocycles. The van der Waals surface area contributed by atoms with Crippen molar-refractivity contribution in [2.45, 2.75) is 0 Å². The van der Waals surface area contributed by atoms with Crippen molar-refractivity contribution in [2.24, 2.45) is 0 Å². The molecule has 21 heavy (non-hydrogen) atoms. The first-order chi connectivity index (χ1) is 6.79. The molecule has 0 atom stereocenters. The van der Waals surface area contributed by atoms with Crippen LogP contribution in [0.1, 0.15) is 0 Å². The zero-order chi connectivity index (χ0) is 13.2. The Labute approximate surface area is 312 Å². The van der Waals surface area contributed by atoms with Gasteiger partial charge in [-0.3, -0.25) is 18.6 Å². The summed E-state index contributed by atoms with van der Waals surface area (Å²) in [5.74, 6) is 0. The summed E-state index contributed by atoms with van der Waals surface area (Å²) in [6.45, 7) is 0. The van der Waals surface area contributed by atoms with E-state index in [0.29, 0.717) is 4.90 Å². The summed E-state index contributed by atoms with van der Waals surface area (Å²) in [6, 6.07) is 0. The van der Waals surface area contributed by atoms with E-state index < -0.39 is 41.6 Å². The van der Waals surface area contributed by atoms with Gasteiger partial charge in [-0.05, 0) is 0 Å². The van der Waals surface area contributed by atoms with Crippen molar-refractivity contribution in [2.75, 3.05) is 18.9 Å². The van der Waals surface area contributed by atoms with E-state index in [4.69, 9.17) is 29.4 Å². The van der Waals surface area contributed by atoms with Gasteiger partial charge in [-0.25, -0.2) is 0 Å². The molecule has 0 saturated carbocycles. The van der Waals surface area contributed by atoms with Crippen molar-refractivity contribution in [1.82, 2.24) is 4.90 Å². The van der Waals surface area contributed by atoms with E-state index in [0.717, 1.165) is 0 Å². The van der Waals surface area contributed by atoms with Crippen LogP contribution in [0.25, 0.3) is 0 Å². The van der Waals surface area contributed by atoms with Gasteiger partial charge in [0, 0.05) is 27.3 Å². The number of nitrogens with zero attached hydrogens (tertiary/aromatic N) is 1. The fourth-order valence-corrected chi connectivity index (χ4v) is 3.55. The van der Waals surface area contributed by atoms with Gasteiger partial charge in [0.1, 0.15) is 18.9 Å². The molecule has 0 bridgehead atoms. The summed E-state index contributed by atoms with van der Waals surface area (Å²) in [6.07, 6.45) is -3.41. The van der Waals surface area contributed by atoms with Gasteiger partial charge in [-0.2, -0.15) is 0 Å². The first kappa shape index (κ1) is 42.9. The first-order valence-electron chi connectivity index (χ1n) is 3.65. The van der Waals surface area contributed by atoms with Crippen molar-refractivity contribution < 1.29 is 276 Å². The Morgan fingerprint density at radius 3 is 0.810 bits per heavy atom. The summed E-state index contributed by atoms with van der Waals surface area (Å²) >= 11 is 0. The van der Waals surface area contributed by atoms with Crippen LogP contribution in [0.3, 0.4) is 0 Å². The van der Waals surface area contributed by atoms with Crippen LogP contribution in [0.2, 0.25) is 0 Å². The molecular weight excluding hydrogens is 556 g/mol. The molecule has 18 heteroatoms. The second kappa shape index (κ2) is 19.8. The van der Waals surface area contributed by atoms with Crippen molar-refractivity contribution in [3.8, 4) is 0 Å². The number of hydrogen-bond acceptors (Lipinski definition) is 4. The van der Waals surface area contributed by atoms with E-state index in [1.807, 2.05) is 0 Å². The maximum absolute atomic E-state index is 10.6. The summed E-state index contributed by atoms with van der Waals surface area (Å²) in [5, 5.41) is 0. The van der Waals surface area contributed by atoms with Gasteiger partial charge in [-0.1, -0.05) is 0 Å². The summed E-state index contributed by atoms with van der Waals surface area (Å²) < 4.78 is 31.7. The normalized spacial score (nSPS) is 11.0. The van der Waals surface area contributed by atoms with Crippen molar-refractivity contribution in [1.29, 1.82) is 0 Å². The molecule has 0 aromatic rings. The van der Waals surface area contributed by atoms with Crippen LogP contribution < -0.4 is 206 Å². The molecule has 0 aliphatic rings. The van der Waals surface area contributed by atoms with Gasteiger partial charge in [0.15, 0.2) is 0 Å². The standard InChI is InChI=1S/C3H12NO9P3.Cd.4K/c5-14(6,7)1-4(2-15(8,9)10)3-16(11,12)13;;;;;/h1-3H2,(H2,5,6,7)(H2,8,9,10)(H2,11,12,13);;;;;/q;;4*+1. The Morgan fingerprint density at radius 1 is 0.571 bits per heavy atom. The Kier molecular flexibility index (Phi) is 40.5. The quantitative estimate of drug-likeness (QED) is 0.133. The summed E-state index contributed by atoms with van der Waals surface area (Å²) in [7, 11) is -14.0. The van der Waals surface area contributed by atoms with Gasteiger partial charge in [0.05, 0.1) is 0 Å². The molecule has 6 N–H and O–H groups in total. The second-order valence-corrected chi connectivity index (χ2v) is 7.93. The molecule has 0 spiro atoms. The van der Waals surface area contributed by atoms with Crippen LogP contribution in [0.15, 0.2) is 0 Å². The van der Waals surface area contributed by atoms with Crippen LogP contribution in [0, 0.1) is 0 Å². The van der Waals surface area contributed by atoms with E-state index >= 15 is 0 Å². The molecule has 0 amide bonds. The molecule has 0 unspecified atom stereocenters. The molecule has 0 saturated heterocycles. The largest absolute Gasteiger partial charge is 1.00 e. The minimum atomic E-state index is -4.65. The second-order valence-electron chi connectivity index (χ2n) is 3.09. The number of rotatable bonds is 6. The van der Waals surface area contributed by atoms with E-state index in [1.165, 1.54) is 0 Å². The average Bonchev–Trinajstić information content (AvgIpc) is 1.70. The van der Waals surface area contributed by atoms with Crippen molar-refractivity contribution in [3.63, 3.8) is 0 Å². The third-order valence-corrected chi connectivity index (χ3v) is 3.46. The van der Waals surface area contributed by atoms with Crippen LogP contribution >= 0.6 is 22.8 Å². The monoisotopic (exact) mass is 569 g/mol. The minimum Gasteiger partial charge on any atom is -0.324 e. The molecule has 0 radical (unpaired) electrons. The molecular formula is C3H12CdK4NO9P3+4. The van der Waals surface area contributed by atoms with Gasteiger partial charge < -0.3 is 29.4 Å². The first-order valence-corrected chi connectivity index (χ1v) is 9.04. The van der Waals surface area contributed by atoms with E-state index in [9.17, 15) is 13.7 Å². The Bertz CT molecular complexity index is 325. The van der Waals surface area contributed by atoms with Crippen LogP contribution in [-0.4, -0.2) is 53.1 Å². The molecule has 0 aromatic heterocycles. The van der Waals surface area contributed by atoms with Gasteiger partial charge >= 0.3 is 228 Å². The third kappa shape index (κ3) is 35.7. The Hall–Kier alpha value is 7.88. The Balaban J connectivity index is -0.000000112. The fourth-order valence-electron chi connectivity index (χ4n) is 0.916. The van der Waals surface area contributed by atoms with E-state index in [2.05, 4.69) is 0 Å². The maximum atomic E-state index is 10.6. The molecule has 0 fully saturated rings. The molecule has 10 nitrogen and oxygen atoms in total. The van der Waals surface area contributed by atoms with Gasteiger partial charge in [0.2, 0.25) is 0 Å². The zero-order valence-electron chi connectivity index (χ0n) is 12.5. The predicted octanol–water partition coefficient (Wildman–Crippen LogP) is -13.3. The number of hydrogen-bond donors (Lipinski definition) is 6. The predicted molar refractivity (Wildman–Crippen MR) is 52.6 cm³/mol. The zero-order valence-corrected chi connectivity index (χ0v) is 31.7.